The number of Topliss-reactive ketones (excluding diaryl/α,β-unsaturated/α-hetero) is 1. The molecular formula is C23H33N3O4. The van der Waals surface area contributed by atoms with E-state index in [2.05, 4.69) is 10.2 Å². The molecule has 0 atom stereocenters. The summed E-state index contributed by atoms with van der Waals surface area (Å²) in [5, 5.41) is 2.96. The monoisotopic (exact) mass is 415 g/mol. The Bertz CT molecular complexity index is 752. The third kappa shape index (κ3) is 6.47. The summed E-state index contributed by atoms with van der Waals surface area (Å²) in [6, 6.07) is 7.83. The summed E-state index contributed by atoms with van der Waals surface area (Å²) >= 11 is 0. The third-order valence-electron chi connectivity index (χ3n) is 5.58. The van der Waals surface area contributed by atoms with Crippen molar-refractivity contribution in [2.75, 3.05) is 36.4 Å². The quantitative estimate of drug-likeness (QED) is 0.808. The van der Waals surface area contributed by atoms with E-state index in [-0.39, 0.29) is 12.0 Å². The number of ketones is 1. The maximum absolute atomic E-state index is 12.3. The molecule has 2 fully saturated rings. The fourth-order valence-corrected chi connectivity index (χ4v) is 3.91. The molecule has 3 rings (SSSR count). The van der Waals surface area contributed by atoms with Crippen LogP contribution < -0.4 is 10.2 Å². The first-order chi connectivity index (χ1) is 14.2. The zero-order valence-corrected chi connectivity index (χ0v) is 18.3. The van der Waals surface area contributed by atoms with Gasteiger partial charge in [0, 0.05) is 56.8 Å². The molecule has 30 heavy (non-hydrogen) atoms. The minimum Gasteiger partial charge on any atom is -0.444 e. The summed E-state index contributed by atoms with van der Waals surface area (Å²) in [6.45, 7) is 8.35. The zero-order valence-electron chi connectivity index (χ0n) is 18.3. The smallest absolute Gasteiger partial charge is 0.410 e. The van der Waals surface area contributed by atoms with Gasteiger partial charge in [0.25, 0.3) is 0 Å². The van der Waals surface area contributed by atoms with E-state index in [1.54, 1.807) is 4.90 Å². The Morgan fingerprint density at radius 1 is 1.03 bits per heavy atom. The van der Waals surface area contributed by atoms with Gasteiger partial charge >= 0.3 is 6.09 Å². The molecule has 1 aliphatic heterocycles. The lowest BCUT2D eigenvalue weighted by Crippen LogP contribution is -2.50. The van der Waals surface area contributed by atoms with Crippen LogP contribution in [-0.2, 0) is 14.3 Å². The highest BCUT2D eigenvalue weighted by molar-refractivity contribution is 5.91. The van der Waals surface area contributed by atoms with Crippen LogP contribution in [0.3, 0.4) is 0 Å². The minimum absolute atomic E-state index is 0.00748. The Labute approximate surface area is 178 Å². The van der Waals surface area contributed by atoms with Crippen molar-refractivity contribution in [2.24, 2.45) is 5.92 Å². The number of hydrogen-bond donors (Lipinski definition) is 1. The minimum atomic E-state index is -0.483. The van der Waals surface area contributed by atoms with Gasteiger partial charge in [-0.2, -0.15) is 0 Å². The van der Waals surface area contributed by atoms with Crippen LogP contribution >= 0.6 is 0 Å². The van der Waals surface area contributed by atoms with Gasteiger partial charge < -0.3 is 19.9 Å². The molecule has 0 unspecified atom stereocenters. The predicted octanol–water partition coefficient (Wildman–Crippen LogP) is 3.83. The van der Waals surface area contributed by atoms with Crippen molar-refractivity contribution in [1.29, 1.82) is 0 Å². The molecule has 7 nitrogen and oxygen atoms in total. The lowest BCUT2D eigenvalue weighted by Gasteiger charge is -2.36. The molecule has 1 heterocycles. The van der Waals surface area contributed by atoms with Gasteiger partial charge in [-0.3, -0.25) is 9.59 Å². The van der Waals surface area contributed by atoms with Gasteiger partial charge in [-0.1, -0.05) is 0 Å². The third-order valence-corrected chi connectivity index (χ3v) is 5.58. The average Bonchev–Trinajstić information content (AvgIpc) is 2.69. The number of rotatable bonds is 4. The number of benzene rings is 1. The summed E-state index contributed by atoms with van der Waals surface area (Å²) in [5.41, 5.74) is 1.37. The van der Waals surface area contributed by atoms with Crippen molar-refractivity contribution >= 4 is 29.2 Å². The Hall–Kier alpha value is -2.57. The van der Waals surface area contributed by atoms with E-state index in [9.17, 15) is 14.4 Å². The zero-order chi connectivity index (χ0) is 21.7. The Balaban J connectivity index is 1.45. The number of nitrogens with zero attached hydrogens (tertiary/aromatic N) is 2. The fraction of sp³-hybridized carbons (Fsp3) is 0.609. The van der Waals surface area contributed by atoms with Crippen LogP contribution in [0.25, 0.3) is 0 Å². The van der Waals surface area contributed by atoms with Crippen molar-refractivity contribution in [3.05, 3.63) is 24.3 Å². The summed E-state index contributed by atoms with van der Waals surface area (Å²) in [6.07, 6.45) is 3.06. The molecule has 1 aromatic carbocycles. The van der Waals surface area contributed by atoms with Crippen LogP contribution in [0.15, 0.2) is 24.3 Å². The van der Waals surface area contributed by atoms with Gasteiger partial charge in [0.1, 0.15) is 11.4 Å². The van der Waals surface area contributed by atoms with Gasteiger partial charge in [0.2, 0.25) is 5.91 Å². The van der Waals surface area contributed by atoms with Crippen molar-refractivity contribution < 1.29 is 19.1 Å². The molecule has 7 heteroatoms. The number of hydrogen-bond acceptors (Lipinski definition) is 5. The topological polar surface area (TPSA) is 79.0 Å². The predicted molar refractivity (Wildman–Crippen MR) is 117 cm³/mol. The van der Waals surface area contributed by atoms with E-state index < -0.39 is 5.60 Å². The SMILES string of the molecule is CC(C)(C)OC(=O)N1CCN(c2ccc(NC(=O)CC3CCC(=O)CC3)cc2)CC1. The van der Waals surface area contributed by atoms with E-state index in [0.29, 0.717) is 44.1 Å². The highest BCUT2D eigenvalue weighted by Gasteiger charge is 2.26. The Kier molecular flexibility index (Phi) is 7.00. The number of carbonyl (C=O) groups is 3. The standard InChI is InChI=1S/C23H33N3O4/c1-23(2,3)30-22(29)26-14-12-25(13-15-26)19-8-6-18(7-9-19)24-21(28)16-17-4-10-20(27)11-5-17/h6-9,17H,4-5,10-16H2,1-3H3,(H,24,28). The number of nitrogens with one attached hydrogen (secondary N) is 1. The molecule has 1 saturated heterocycles. The first kappa shape index (κ1) is 22.1. The fourth-order valence-electron chi connectivity index (χ4n) is 3.91. The van der Waals surface area contributed by atoms with Crippen molar-refractivity contribution in [2.45, 2.75) is 58.5 Å². The molecule has 0 spiro atoms. The number of ether oxygens (including phenoxy) is 1. The van der Waals surface area contributed by atoms with Crippen molar-refractivity contribution in [3.8, 4) is 0 Å². The Morgan fingerprint density at radius 3 is 2.20 bits per heavy atom. The average molecular weight is 416 g/mol. The van der Waals surface area contributed by atoms with E-state index in [1.807, 2.05) is 45.0 Å². The van der Waals surface area contributed by atoms with Gasteiger partial charge in [-0.15, -0.1) is 0 Å². The molecule has 2 amide bonds. The van der Waals surface area contributed by atoms with E-state index >= 15 is 0 Å². The highest BCUT2D eigenvalue weighted by Crippen LogP contribution is 2.25. The normalized spacial score (nSPS) is 18.3. The van der Waals surface area contributed by atoms with E-state index in [1.165, 1.54) is 0 Å². The lowest BCUT2D eigenvalue weighted by atomic mass is 9.86. The second-order valence-corrected chi connectivity index (χ2v) is 9.24. The molecule has 1 N–H and O–H groups in total. The molecule has 1 aliphatic carbocycles. The maximum atomic E-state index is 12.3. The van der Waals surface area contributed by atoms with Crippen LogP contribution in [0.1, 0.15) is 52.9 Å². The second kappa shape index (κ2) is 9.49. The molecule has 0 radical (unpaired) electrons. The molecule has 0 bridgehead atoms. The number of amides is 2. The molecule has 1 saturated carbocycles. The molecule has 2 aliphatic rings. The summed E-state index contributed by atoms with van der Waals surface area (Å²) < 4.78 is 5.44. The van der Waals surface area contributed by atoms with Crippen LogP contribution in [0.5, 0.6) is 0 Å². The highest BCUT2D eigenvalue weighted by atomic mass is 16.6. The maximum Gasteiger partial charge on any atom is 0.410 e. The van der Waals surface area contributed by atoms with Crippen LogP contribution in [0, 0.1) is 5.92 Å². The molecule has 0 aromatic heterocycles. The summed E-state index contributed by atoms with van der Waals surface area (Å²) in [4.78, 5) is 39.8. The number of piperazine rings is 1. The van der Waals surface area contributed by atoms with Crippen molar-refractivity contribution in [3.63, 3.8) is 0 Å². The van der Waals surface area contributed by atoms with Gasteiger partial charge in [-0.05, 0) is 63.8 Å². The summed E-state index contributed by atoms with van der Waals surface area (Å²) in [7, 11) is 0. The molecular weight excluding hydrogens is 382 g/mol. The lowest BCUT2D eigenvalue weighted by molar-refractivity contribution is -0.123. The Morgan fingerprint density at radius 2 is 1.63 bits per heavy atom. The van der Waals surface area contributed by atoms with E-state index in [0.717, 1.165) is 37.3 Å². The number of anilines is 2. The van der Waals surface area contributed by atoms with Gasteiger partial charge in [0.05, 0.1) is 0 Å². The van der Waals surface area contributed by atoms with Gasteiger partial charge in [0.15, 0.2) is 0 Å². The number of carbonyl (C=O) groups excluding carboxylic acids is 3. The van der Waals surface area contributed by atoms with Crippen LogP contribution in [0.4, 0.5) is 16.2 Å². The van der Waals surface area contributed by atoms with Crippen LogP contribution in [0.2, 0.25) is 0 Å². The van der Waals surface area contributed by atoms with Crippen molar-refractivity contribution in [1.82, 2.24) is 4.90 Å². The first-order valence-corrected chi connectivity index (χ1v) is 10.8. The van der Waals surface area contributed by atoms with Crippen LogP contribution in [-0.4, -0.2) is 54.5 Å². The molecule has 1 aromatic rings. The van der Waals surface area contributed by atoms with E-state index in [4.69, 9.17) is 4.74 Å². The van der Waals surface area contributed by atoms with Gasteiger partial charge in [-0.25, -0.2) is 4.79 Å². The largest absolute Gasteiger partial charge is 0.444 e. The summed E-state index contributed by atoms with van der Waals surface area (Å²) in [5.74, 6) is 0.630. The molecule has 164 valence electrons. The second-order valence-electron chi connectivity index (χ2n) is 9.24. The first-order valence-electron chi connectivity index (χ1n) is 10.8.